The van der Waals surface area contributed by atoms with Gasteiger partial charge in [0.25, 0.3) is 5.88 Å². The zero-order chi connectivity index (χ0) is 15.7. The zero-order valence-corrected chi connectivity index (χ0v) is 13.8. The van der Waals surface area contributed by atoms with E-state index < -0.39 is 10.0 Å². The van der Waals surface area contributed by atoms with Crippen molar-refractivity contribution in [1.29, 1.82) is 0 Å². The highest BCUT2D eigenvalue weighted by Crippen LogP contribution is 2.34. The second kappa shape index (κ2) is 6.00. The van der Waals surface area contributed by atoms with E-state index in [1.54, 1.807) is 23.7 Å². The average molecular weight is 326 g/mol. The van der Waals surface area contributed by atoms with Crippen LogP contribution in [0.2, 0.25) is 0 Å². The SMILES string of the molecule is CCOc1nccnc1N1CC[C@@H](N(C)S(=O)(=O)C2CC2)C1. The van der Waals surface area contributed by atoms with E-state index in [0.29, 0.717) is 24.8 Å². The van der Waals surface area contributed by atoms with Crippen LogP contribution in [0.3, 0.4) is 0 Å². The van der Waals surface area contributed by atoms with Crippen molar-refractivity contribution in [3.8, 4) is 5.88 Å². The van der Waals surface area contributed by atoms with Gasteiger partial charge in [-0.1, -0.05) is 0 Å². The molecule has 1 saturated heterocycles. The van der Waals surface area contributed by atoms with Gasteiger partial charge in [0.1, 0.15) is 0 Å². The van der Waals surface area contributed by atoms with Crippen molar-refractivity contribution in [2.45, 2.75) is 37.5 Å². The molecule has 1 aliphatic carbocycles. The molecule has 22 heavy (non-hydrogen) atoms. The molecule has 0 radical (unpaired) electrons. The lowest BCUT2D eigenvalue weighted by Gasteiger charge is -2.24. The highest BCUT2D eigenvalue weighted by Gasteiger charge is 2.42. The Labute approximate surface area is 131 Å². The van der Waals surface area contributed by atoms with Crippen molar-refractivity contribution < 1.29 is 13.2 Å². The van der Waals surface area contributed by atoms with Gasteiger partial charge >= 0.3 is 0 Å². The maximum Gasteiger partial charge on any atom is 0.257 e. The van der Waals surface area contributed by atoms with Crippen LogP contribution in [0.1, 0.15) is 26.2 Å². The molecule has 0 N–H and O–H groups in total. The number of sulfonamides is 1. The van der Waals surface area contributed by atoms with E-state index in [-0.39, 0.29) is 11.3 Å². The lowest BCUT2D eigenvalue weighted by atomic mass is 10.3. The van der Waals surface area contributed by atoms with Crippen molar-refractivity contribution in [1.82, 2.24) is 14.3 Å². The van der Waals surface area contributed by atoms with Gasteiger partial charge < -0.3 is 9.64 Å². The normalized spacial score (nSPS) is 22.3. The van der Waals surface area contributed by atoms with Gasteiger partial charge in [-0.2, -0.15) is 4.31 Å². The van der Waals surface area contributed by atoms with Crippen LogP contribution in [0, 0.1) is 0 Å². The molecular formula is C14H22N4O3S. The second-order valence-corrected chi connectivity index (χ2v) is 8.04. The van der Waals surface area contributed by atoms with Gasteiger partial charge in [-0.05, 0) is 26.2 Å². The predicted molar refractivity (Wildman–Crippen MR) is 83.5 cm³/mol. The Morgan fingerprint density at radius 3 is 2.73 bits per heavy atom. The highest BCUT2D eigenvalue weighted by molar-refractivity contribution is 7.90. The third kappa shape index (κ3) is 2.89. The molecule has 2 aliphatic rings. The molecule has 7 nitrogen and oxygen atoms in total. The third-order valence-corrected chi connectivity index (χ3v) is 6.67. The molecule has 1 aromatic heterocycles. The first-order valence-electron chi connectivity index (χ1n) is 7.69. The largest absolute Gasteiger partial charge is 0.475 e. The minimum Gasteiger partial charge on any atom is -0.475 e. The van der Waals surface area contributed by atoms with Gasteiger partial charge in [-0.15, -0.1) is 0 Å². The average Bonchev–Trinajstić information content (AvgIpc) is 3.27. The summed E-state index contributed by atoms with van der Waals surface area (Å²) in [5.41, 5.74) is 0. The zero-order valence-electron chi connectivity index (χ0n) is 13.0. The molecule has 122 valence electrons. The monoisotopic (exact) mass is 326 g/mol. The van der Waals surface area contributed by atoms with Crippen molar-refractivity contribution in [3.63, 3.8) is 0 Å². The fourth-order valence-electron chi connectivity index (χ4n) is 2.81. The predicted octanol–water partition coefficient (Wildman–Crippen LogP) is 0.878. The number of anilines is 1. The minimum atomic E-state index is -3.14. The summed E-state index contributed by atoms with van der Waals surface area (Å²) in [5, 5.41) is -0.165. The molecule has 3 rings (SSSR count). The van der Waals surface area contributed by atoms with Gasteiger partial charge in [-0.25, -0.2) is 18.4 Å². The molecule has 0 amide bonds. The summed E-state index contributed by atoms with van der Waals surface area (Å²) >= 11 is 0. The lowest BCUT2D eigenvalue weighted by Crippen LogP contribution is -2.40. The maximum absolute atomic E-state index is 12.3. The molecule has 2 fully saturated rings. The number of nitrogens with zero attached hydrogens (tertiary/aromatic N) is 4. The summed E-state index contributed by atoms with van der Waals surface area (Å²) in [5.74, 6) is 1.21. The van der Waals surface area contributed by atoms with Gasteiger partial charge in [-0.3, -0.25) is 0 Å². The summed E-state index contributed by atoms with van der Waals surface area (Å²) in [6, 6.07) is -0.0120. The standard InChI is InChI=1S/C14H22N4O3S/c1-3-21-14-13(15-7-8-16-14)18-9-6-11(10-18)17(2)22(19,20)12-4-5-12/h7-8,11-12H,3-6,9-10H2,1-2H3/t11-/m1/s1. The summed E-state index contributed by atoms with van der Waals surface area (Å²) in [6.07, 6.45) is 5.62. The second-order valence-electron chi connectivity index (χ2n) is 5.77. The summed E-state index contributed by atoms with van der Waals surface area (Å²) < 4.78 is 31.8. The van der Waals surface area contributed by atoms with Gasteiger partial charge in [0.2, 0.25) is 10.0 Å². The first kappa shape index (κ1) is 15.5. The van der Waals surface area contributed by atoms with Crippen LogP contribution in [-0.2, 0) is 10.0 Å². The summed E-state index contributed by atoms with van der Waals surface area (Å²) in [6.45, 7) is 3.81. The molecule has 0 unspecified atom stereocenters. The molecule has 0 bridgehead atoms. The topological polar surface area (TPSA) is 75.6 Å². The van der Waals surface area contributed by atoms with E-state index in [9.17, 15) is 8.42 Å². The Kier molecular flexibility index (Phi) is 4.22. The minimum absolute atomic E-state index is 0.0120. The highest BCUT2D eigenvalue weighted by atomic mass is 32.2. The number of hydrogen-bond acceptors (Lipinski definition) is 6. The first-order valence-corrected chi connectivity index (χ1v) is 9.20. The molecule has 1 aliphatic heterocycles. The molecule has 0 spiro atoms. The van der Waals surface area contributed by atoms with E-state index in [1.165, 1.54) is 0 Å². The van der Waals surface area contributed by atoms with Crippen LogP contribution in [0.5, 0.6) is 5.88 Å². The van der Waals surface area contributed by atoms with Gasteiger partial charge in [0.05, 0.1) is 11.9 Å². The van der Waals surface area contributed by atoms with Crippen LogP contribution in [0.15, 0.2) is 12.4 Å². The Morgan fingerprint density at radius 1 is 1.32 bits per heavy atom. The van der Waals surface area contributed by atoms with Crippen LogP contribution < -0.4 is 9.64 Å². The maximum atomic E-state index is 12.3. The fourth-order valence-corrected chi connectivity index (χ4v) is 4.60. The Bertz CT molecular complexity index is 633. The number of aromatic nitrogens is 2. The third-order valence-electron chi connectivity index (χ3n) is 4.25. The van der Waals surface area contributed by atoms with E-state index >= 15 is 0 Å². The number of rotatable bonds is 6. The fraction of sp³-hybridized carbons (Fsp3) is 0.714. The molecule has 0 aromatic carbocycles. The lowest BCUT2D eigenvalue weighted by molar-refractivity contribution is 0.325. The van der Waals surface area contributed by atoms with Crippen LogP contribution in [-0.4, -0.2) is 60.7 Å². The van der Waals surface area contributed by atoms with Crippen LogP contribution in [0.4, 0.5) is 5.82 Å². The first-order chi connectivity index (χ1) is 10.5. The van der Waals surface area contributed by atoms with Crippen LogP contribution >= 0.6 is 0 Å². The number of likely N-dealkylation sites (N-methyl/N-ethyl adjacent to an activating group) is 1. The van der Waals surface area contributed by atoms with Gasteiger partial charge in [0.15, 0.2) is 5.82 Å². The summed E-state index contributed by atoms with van der Waals surface area (Å²) in [4.78, 5) is 10.6. The van der Waals surface area contributed by atoms with E-state index in [2.05, 4.69) is 14.9 Å². The van der Waals surface area contributed by atoms with E-state index in [1.807, 2.05) is 6.92 Å². The quantitative estimate of drug-likeness (QED) is 0.772. The van der Waals surface area contributed by atoms with E-state index in [0.717, 1.165) is 25.8 Å². The Morgan fingerprint density at radius 2 is 2.05 bits per heavy atom. The molecular weight excluding hydrogens is 304 g/mol. The smallest absolute Gasteiger partial charge is 0.257 e. The molecule has 1 saturated carbocycles. The Balaban J connectivity index is 1.72. The van der Waals surface area contributed by atoms with Crippen molar-refractivity contribution in [3.05, 3.63) is 12.4 Å². The Hall–Kier alpha value is -1.41. The molecule has 1 atom stereocenters. The number of hydrogen-bond donors (Lipinski definition) is 0. The molecule has 8 heteroatoms. The molecule has 2 heterocycles. The summed E-state index contributed by atoms with van der Waals surface area (Å²) in [7, 11) is -1.44. The van der Waals surface area contributed by atoms with Crippen LogP contribution in [0.25, 0.3) is 0 Å². The number of ether oxygens (including phenoxy) is 1. The van der Waals surface area contributed by atoms with Crippen molar-refractivity contribution in [2.24, 2.45) is 0 Å². The van der Waals surface area contributed by atoms with Crippen molar-refractivity contribution >= 4 is 15.8 Å². The van der Waals surface area contributed by atoms with Crippen molar-refractivity contribution in [2.75, 3.05) is 31.6 Å². The molecule has 1 aromatic rings. The van der Waals surface area contributed by atoms with E-state index in [4.69, 9.17) is 4.74 Å². The van der Waals surface area contributed by atoms with Gasteiger partial charge in [0, 0.05) is 38.6 Å².